The topological polar surface area (TPSA) is 430 Å². The summed E-state index contributed by atoms with van der Waals surface area (Å²) in [5.41, 5.74) is 3.36. The number of carbonyl (C=O) groups excluding carboxylic acids is 13. The quantitative estimate of drug-likeness (QED) is 0.0119. The second-order valence-corrected chi connectivity index (χ2v) is 26.8. The number of unbranched alkanes of at least 4 members (excludes halogenated alkanes) is 1. The van der Waals surface area contributed by atoms with Crippen molar-refractivity contribution in [2.45, 2.75) is 178 Å². The van der Waals surface area contributed by atoms with E-state index in [0.29, 0.717) is 5.56 Å². The van der Waals surface area contributed by atoms with Gasteiger partial charge in [0.1, 0.15) is 53.9 Å². The average Bonchev–Trinajstić information content (AvgIpc) is 0.669. The number of halogens is 1. The Morgan fingerprint density at radius 1 is 0.718 bits per heavy atom. The van der Waals surface area contributed by atoms with Gasteiger partial charge in [-0.2, -0.15) is 0 Å². The van der Waals surface area contributed by atoms with E-state index in [1.54, 1.807) is 54.6 Å². The molecule has 4 aromatic rings. The number of Topliss-reactive ketones (excluding diaryl/α,β-unsaturated/α-hetero) is 1. The molecule has 550 valence electrons. The van der Waals surface area contributed by atoms with Gasteiger partial charge in [-0.15, -0.1) is 0 Å². The molecule has 3 fully saturated rings. The first kappa shape index (κ1) is 78.2. The van der Waals surface area contributed by atoms with E-state index in [1.807, 2.05) is 0 Å². The maximum atomic E-state index is 15.9. The second-order valence-electron chi connectivity index (χ2n) is 26.8. The summed E-state index contributed by atoms with van der Waals surface area (Å²) < 4.78 is 50.2. The average molecular weight is 1430 g/mol. The standard InChI is InChI=1S/C74H86FN7O21/c1-40-51(38-74(97)64(102-69(95)47-23-15-10-16-24-47)62-72(7,52(85)37-53-73(62,39-98-53)103-43(4)84)63(90)60(99-42(3)83)58(40)71(74,5)6)100-70(96)61(59(45-19-11-8-12-20-45)82-68(94)46-21-13-9-14-22-46)101-57(89)35-34-54(86)78-36-18-17-25-49(65(76)91)80-56(88)33-31-50(66(77)92)81-67(93)41(2)79-55(87)32-28-44-26-29-48(75)30-27-44/h8-16,19-24,26-30,32,41,49-53,59-62,64,85,97H,17-18,25,31,33-39H2,1-7H3,(H2,76,91)(H2,77,92)(H,78,86)(H,79,87)(H,80,88)(H,81,93)(H,82,94)/b32-28+/t41?,49?,50-,51-,52-,53+,59-,60+,61+,62-,64-,72+,73-,74+/m0/s1. The first-order valence-electron chi connectivity index (χ1n) is 33.6. The highest BCUT2D eigenvalue weighted by Gasteiger charge is 2.78. The number of nitrogens with two attached hydrogens (primary N) is 2. The number of hydrogen-bond donors (Lipinski definition) is 9. The smallest absolute Gasteiger partial charge is 0.350 e. The van der Waals surface area contributed by atoms with Crippen LogP contribution in [0.1, 0.15) is 144 Å². The second kappa shape index (κ2) is 33.5. The molecule has 29 heteroatoms. The summed E-state index contributed by atoms with van der Waals surface area (Å²) in [6.07, 6.45) is -10.6. The zero-order chi connectivity index (χ0) is 75.3. The minimum absolute atomic E-state index is 0.00853. The third-order valence-corrected chi connectivity index (χ3v) is 19.6. The van der Waals surface area contributed by atoms with Gasteiger partial charge in [0.15, 0.2) is 17.5 Å². The summed E-state index contributed by atoms with van der Waals surface area (Å²) in [6, 6.07) is 23.3. The molecule has 11 N–H and O–H groups in total. The van der Waals surface area contributed by atoms with Crippen LogP contribution in [0.2, 0.25) is 0 Å². The Hall–Kier alpha value is -10.5. The number of hydrogen-bond acceptors (Lipinski definition) is 21. The van der Waals surface area contributed by atoms with E-state index in [0.717, 1.165) is 19.9 Å². The van der Waals surface area contributed by atoms with Crippen molar-refractivity contribution in [1.82, 2.24) is 26.6 Å². The van der Waals surface area contributed by atoms with Gasteiger partial charge in [-0.05, 0) is 111 Å². The lowest BCUT2D eigenvalue weighted by Gasteiger charge is -2.67. The monoisotopic (exact) mass is 1430 g/mol. The zero-order valence-electron chi connectivity index (χ0n) is 57.9. The lowest BCUT2D eigenvalue weighted by atomic mass is 9.44. The van der Waals surface area contributed by atoms with Crippen molar-refractivity contribution in [1.29, 1.82) is 0 Å². The maximum absolute atomic E-state index is 15.9. The van der Waals surface area contributed by atoms with Crippen LogP contribution in [0, 0.1) is 22.6 Å². The van der Waals surface area contributed by atoms with Gasteiger partial charge >= 0.3 is 29.8 Å². The molecule has 3 aliphatic carbocycles. The van der Waals surface area contributed by atoms with Crippen LogP contribution in [0.5, 0.6) is 0 Å². The maximum Gasteiger partial charge on any atom is 0.350 e. The summed E-state index contributed by atoms with van der Waals surface area (Å²) in [7, 11) is 0. The normalized spacial score (nSPS) is 24.5. The van der Waals surface area contributed by atoms with Crippen molar-refractivity contribution in [3.8, 4) is 0 Å². The van der Waals surface area contributed by atoms with Crippen molar-refractivity contribution < 1.29 is 105 Å². The van der Waals surface area contributed by atoms with Crippen LogP contribution in [-0.2, 0) is 81.2 Å². The van der Waals surface area contributed by atoms with Crippen LogP contribution in [0.15, 0.2) is 132 Å². The molecule has 28 nitrogen and oxygen atoms in total. The van der Waals surface area contributed by atoms with E-state index in [2.05, 4.69) is 26.6 Å². The number of aliphatic hydroxyl groups is 2. The van der Waals surface area contributed by atoms with Crippen LogP contribution in [0.25, 0.3) is 6.08 Å². The Labute approximate surface area is 592 Å². The molecule has 7 amide bonds. The molecular formula is C74H86FN7O21. The minimum Gasteiger partial charge on any atom is -0.455 e. The van der Waals surface area contributed by atoms with E-state index in [4.69, 9.17) is 39.9 Å². The summed E-state index contributed by atoms with van der Waals surface area (Å²) in [5.74, 6) is -14.0. The van der Waals surface area contributed by atoms with Gasteiger partial charge in [0, 0.05) is 63.1 Å². The zero-order valence-corrected chi connectivity index (χ0v) is 57.9. The molecule has 1 heterocycles. The Bertz CT molecular complexity index is 3930. The van der Waals surface area contributed by atoms with Crippen molar-refractivity contribution in [2.75, 3.05) is 13.2 Å². The van der Waals surface area contributed by atoms with Gasteiger partial charge in [-0.1, -0.05) is 92.7 Å². The third-order valence-electron chi connectivity index (χ3n) is 19.6. The van der Waals surface area contributed by atoms with Crippen LogP contribution >= 0.6 is 0 Å². The van der Waals surface area contributed by atoms with E-state index in [-0.39, 0.29) is 66.5 Å². The number of ketones is 1. The Kier molecular flexibility index (Phi) is 25.4. The van der Waals surface area contributed by atoms with Gasteiger partial charge in [-0.3, -0.25) is 52.7 Å². The van der Waals surface area contributed by atoms with Crippen molar-refractivity contribution in [3.05, 3.63) is 161 Å². The van der Waals surface area contributed by atoms with E-state index in [9.17, 15) is 67.3 Å². The lowest BCUT2D eigenvalue weighted by Crippen LogP contribution is -2.82. The highest BCUT2D eigenvalue weighted by molar-refractivity contribution is 5.98. The Morgan fingerprint density at radius 3 is 1.92 bits per heavy atom. The molecule has 0 radical (unpaired) electrons. The first-order chi connectivity index (χ1) is 48.7. The predicted molar refractivity (Wildman–Crippen MR) is 362 cm³/mol. The highest BCUT2D eigenvalue weighted by atomic mass is 19.1. The number of esters is 5. The molecule has 0 aromatic heterocycles. The number of primary amides is 2. The fourth-order valence-corrected chi connectivity index (χ4v) is 14.0. The predicted octanol–water partition coefficient (Wildman–Crippen LogP) is 3.43. The number of amides is 7. The highest BCUT2D eigenvalue weighted by Crippen LogP contribution is 2.64. The van der Waals surface area contributed by atoms with Gasteiger partial charge < -0.3 is 76.7 Å². The molecule has 4 aliphatic rings. The molecule has 1 saturated heterocycles. The summed E-state index contributed by atoms with van der Waals surface area (Å²) in [6.45, 7) is 8.84. The third kappa shape index (κ3) is 18.0. The van der Waals surface area contributed by atoms with Gasteiger partial charge in [0.2, 0.25) is 41.5 Å². The minimum atomic E-state index is -2.58. The number of nitrogens with one attached hydrogen (secondary N) is 5. The van der Waals surface area contributed by atoms with Crippen molar-refractivity contribution in [3.63, 3.8) is 0 Å². The number of rotatable bonds is 30. The molecule has 4 aromatic carbocycles. The van der Waals surface area contributed by atoms with Crippen LogP contribution in [-0.4, -0.2) is 166 Å². The number of benzene rings is 4. The molecule has 14 atom stereocenters. The van der Waals surface area contributed by atoms with E-state index in [1.165, 1.54) is 101 Å². The van der Waals surface area contributed by atoms with Crippen LogP contribution < -0.4 is 38.1 Å². The summed E-state index contributed by atoms with van der Waals surface area (Å²) in [4.78, 5) is 178. The van der Waals surface area contributed by atoms with Gasteiger partial charge in [0.05, 0.1) is 36.0 Å². The van der Waals surface area contributed by atoms with E-state index >= 15 is 9.59 Å². The number of fused-ring (bicyclic) bond motifs is 5. The first-order valence-corrected chi connectivity index (χ1v) is 33.6. The largest absolute Gasteiger partial charge is 0.455 e. The summed E-state index contributed by atoms with van der Waals surface area (Å²) in [5, 5.41) is 39.2. The molecular weight excluding hydrogens is 1340 g/mol. The molecule has 2 unspecified atom stereocenters. The Morgan fingerprint density at radius 2 is 1.33 bits per heavy atom. The van der Waals surface area contributed by atoms with E-state index < -0.39 is 204 Å². The van der Waals surface area contributed by atoms with Crippen molar-refractivity contribution >= 4 is 83.1 Å². The molecule has 103 heavy (non-hydrogen) atoms. The molecule has 0 spiro atoms. The molecule has 2 bridgehead atoms. The van der Waals surface area contributed by atoms with Gasteiger partial charge in [-0.25, -0.2) is 14.0 Å². The van der Waals surface area contributed by atoms with Crippen LogP contribution in [0.4, 0.5) is 4.39 Å². The SMILES string of the molecule is CC(=O)O[C@H]1C(=O)[C@@]2(C)[C@H]([C@H](OC(=O)c3ccccc3)[C@]3(O)C[C@H](OC(=O)[C@H](OC(=O)CCC(=O)NCCCCC(NC(=O)CC[C@H](NC(=O)C(C)NC(=O)/C=C/c4ccc(F)cc4)C(N)=O)C(N)=O)[C@@H](NC(=O)c4ccccc4)c4ccccc4)C(C)=C1C3(C)C)[C@]1(OC(C)=O)CO[C@@H]1C[C@@H]2O. The Balaban J connectivity index is 0.982. The van der Waals surface area contributed by atoms with Gasteiger partial charge in [0.25, 0.3) is 5.91 Å². The van der Waals surface area contributed by atoms with Crippen LogP contribution in [0.3, 0.4) is 0 Å². The number of carbonyl (C=O) groups is 13. The fourth-order valence-electron chi connectivity index (χ4n) is 14.0. The number of ether oxygens (including phenoxy) is 6. The fraction of sp³-hybridized carbons (Fsp3) is 0.446. The summed E-state index contributed by atoms with van der Waals surface area (Å²) >= 11 is 0. The molecule has 8 rings (SSSR count). The molecule has 1 aliphatic heterocycles. The lowest BCUT2D eigenvalue weighted by molar-refractivity contribution is -0.346. The van der Waals surface area contributed by atoms with Crippen molar-refractivity contribution in [2.24, 2.45) is 28.2 Å². The molecule has 2 saturated carbocycles. The number of aliphatic hydroxyl groups excluding tert-OH is 1.